The first-order valence-corrected chi connectivity index (χ1v) is 9.65. The highest BCUT2D eigenvalue weighted by molar-refractivity contribution is 6.04. The van der Waals surface area contributed by atoms with Gasteiger partial charge >= 0.3 is 0 Å². The fourth-order valence-corrected chi connectivity index (χ4v) is 3.61. The summed E-state index contributed by atoms with van der Waals surface area (Å²) in [4.78, 5) is 17.2. The highest BCUT2D eigenvalue weighted by atomic mass is 16.5. The Bertz CT molecular complexity index is 1010. The minimum absolute atomic E-state index is 0.247. The van der Waals surface area contributed by atoms with Crippen LogP contribution in [0, 0.1) is 0 Å². The van der Waals surface area contributed by atoms with Gasteiger partial charge in [-0.2, -0.15) is 4.98 Å². The maximum atomic E-state index is 12.7. The average molecular weight is 393 g/mol. The second-order valence-electron chi connectivity index (χ2n) is 7.04. The van der Waals surface area contributed by atoms with Crippen LogP contribution in [0.4, 0.5) is 5.69 Å². The molecule has 1 saturated carbocycles. The van der Waals surface area contributed by atoms with Crippen LogP contribution in [0.15, 0.2) is 47.0 Å². The van der Waals surface area contributed by atoms with Gasteiger partial charge in [-0.1, -0.05) is 30.1 Å². The van der Waals surface area contributed by atoms with E-state index in [0.717, 1.165) is 18.4 Å². The van der Waals surface area contributed by atoms with Crippen molar-refractivity contribution in [2.75, 3.05) is 19.5 Å². The number of carbonyl (C=O) groups excluding carboxylic acids is 1. The molecular formula is C22H23N3O4. The second-order valence-corrected chi connectivity index (χ2v) is 7.04. The first-order valence-electron chi connectivity index (χ1n) is 9.65. The number of ether oxygens (including phenoxy) is 2. The van der Waals surface area contributed by atoms with Gasteiger partial charge in [-0.05, 0) is 43.2 Å². The van der Waals surface area contributed by atoms with Crippen molar-refractivity contribution in [3.63, 3.8) is 0 Å². The molecule has 1 heterocycles. The van der Waals surface area contributed by atoms with E-state index in [0.29, 0.717) is 40.4 Å². The monoisotopic (exact) mass is 393 g/mol. The normalized spacial score (nSPS) is 14.0. The molecular weight excluding hydrogens is 370 g/mol. The van der Waals surface area contributed by atoms with Crippen LogP contribution in [0.2, 0.25) is 0 Å². The number of aromatic nitrogens is 2. The van der Waals surface area contributed by atoms with Crippen LogP contribution in [0.1, 0.15) is 47.8 Å². The van der Waals surface area contributed by atoms with Crippen LogP contribution in [-0.4, -0.2) is 30.3 Å². The molecule has 1 aliphatic rings. The zero-order valence-electron chi connectivity index (χ0n) is 16.5. The van der Waals surface area contributed by atoms with E-state index >= 15 is 0 Å². The fraction of sp³-hybridized carbons (Fsp3) is 0.318. The number of hydrogen-bond donors (Lipinski definition) is 1. The van der Waals surface area contributed by atoms with Gasteiger partial charge in [0, 0.05) is 22.7 Å². The van der Waals surface area contributed by atoms with Crippen molar-refractivity contribution in [2.45, 2.75) is 31.6 Å². The van der Waals surface area contributed by atoms with Crippen LogP contribution in [0.3, 0.4) is 0 Å². The van der Waals surface area contributed by atoms with Gasteiger partial charge in [-0.3, -0.25) is 4.79 Å². The largest absolute Gasteiger partial charge is 0.493 e. The van der Waals surface area contributed by atoms with Gasteiger partial charge in [-0.25, -0.2) is 0 Å². The summed E-state index contributed by atoms with van der Waals surface area (Å²) in [6, 6.07) is 12.4. The third-order valence-corrected chi connectivity index (χ3v) is 5.17. The molecule has 1 amide bonds. The molecule has 0 bridgehead atoms. The van der Waals surface area contributed by atoms with Gasteiger partial charge in [-0.15, -0.1) is 0 Å². The zero-order valence-corrected chi connectivity index (χ0v) is 16.5. The SMILES string of the molecule is COc1ccc(C(=O)Nc2cccc(-c3noc(C4CCCC4)n3)c2)cc1OC. The molecule has 0 radical (unpaired) electrons. The summed E-state index contributed by atoms with van der Waals surface area (Å²) < 4.78 is 15.9. The minimum Gasteiger partial charge on any atom is -0.493 e. The minimum atomic E-state index is -0.247. The third-order valence-electron chi connectivity index (χ3n) is 5.17. The van der Waals surface area contributed by atoms with Gasteiger partial charge in [0.15, 0.2) is 11.5 Å². The number of methoxy groups -OCH3 is 2. The maximum absolute atomic E-state index is 12.7. The molecule has 29 heavy (non-hydrogen) atoms. The summed E-state index contributed by atoms with van der Waals surface area (Å²) in [5, 5.41) is 7.02. The molecule has 1 aromatic heterocycles. The lowest BCUT2D eigenvalue weighted by atomic mass is 10.1. The highest BCUT2D eigenvalue weighted by Crippen LogP contribution is 2.34. The van der Waals surface area contributed by atoms with Crippen molar-refractivity contribution in [3.8, 4) is 22.9 Å². The summed E-state index contributed by atoms with van der Waals surface area (Å²) in [6.07, 6.45) is 4.62. The van der Waals surface area contributed by atoms with Gasteiger partial charge < -0.3 is 19.3 Å². The molecule has 1 fully saturated rings. The molecule has 0 unspecified atom stereocenters. The quantitative estimate of drug-likeness (QED) is 0.655. The zero-order chi connectivity index (χ0) is 20.2. The van der Waals surface area contributed by atoms with Crippen molar-refractivity contribution in [2.24, 2.45) is 0 Å². The van der Waals surface area contributed by atoms with Crippen LogP contribution in [0.5, 0.6) is 11.5 Å². The Morgan fingerprint density at radius 1 is 1.07 bits per heavy atom. The predicted octanol–water partition coefficient (Wildman–Crippen LogP) is 4.66. The van der Waals surface area contributed by atoms with Crippen molar-refractivity contribution < 1.29 is 18.8 Å². The Labute approximate surface area is 169 Å². The summed E-state index contributed by atoms with van der Waals surface area (Å²) in [5.74, 6) is 2.43. The molecule has 0 atom stereocenters. The van der Waals surface area contributed by atoms with E-state index in [2.05, 4.69) is 15.5 Å². The molecule has 1 aliphatic carbocycles. The lowest BCUT2D eigenvalue weighted by Gasteiger charge is -2.10. The Morgan fingerprint density at radius 3 is 2.62 bits per heavy atom. The number of carbonyl (C=O) groups is 1. The standard InChI is InChI=1S/C22H23N3O4/c1-27-18-11-10-16(13-19(18)28-2)21(26)23-17-9-5-8-15(12-17)20-24-22(29-25-20)14-6-3-4-7-14/h5,8-14H,3-4,6-7H2,1-2H3,(H,23,26). The molecule has 7 nitrogen and oxygen atoms in total. The number of hydrogen-bond acceptors (Lipinski definition) is 6. The second kappa shape index (κ2) is 8.34. The number of amides is 1. The van der Waals surface area contributed by atoms with E-state index in [-0.39, 0.29) is 5.91 Å². The number of anilines is 1. The Balaban J connectivity index is 1.51. The van der Waals surface area contributed by atoms with Gasteiger partial charge in [0.1, 0.15) is 0 Å². The first-order chi connectivity index (χ1) is 14.2. The molecule has 7 heteroatoms. The van der Waals surface area contributed by atoms with E-state index in [9.17, 15) is 4.79 Å². The van der Waals surface area contributed by atoms with E-state index in [1.807, 2.05) is 24.3 Å². The van der Waals surface area contributed by atoms with Crippen molar-refractivity contribution >= 4 is 11.6 Å². The number of nitrogens with one attached hydrogen (secondary N) is 1. The smallest absolute Gasteiger partial charge is 0.255 e. The fourth-order valence-electron chi connectivity index (χ4n) is 3.61. The lowest BCUT2D eigenvalue weighted by Crippen LogP contribution is -2.12. The summed E-state index contributed by atoms with van der Waals surface area (Å²) >= 11 is 0. The Morgan fingerprint density at radius 2 is 1.86 bits per heavy atom. The van der Waals surface area contributed by atoms with Crippen LogP contribution in [-0.2, 0) is 0 Å². The van der Waals surface area contributed by atoms with Crippen LogP contribution < -0.4 is 14.8 Å². The Kier molecular flexibility index (Phi) is 5.46. The highest BCUT2D eigenvalue weighted by Gasteiger charge is 2.23. The lowest BCUT2D eigenvalue weighted by molar-refractivity contribution is 0.102. The van der Waals surface area contributed by atoms with Crippen molar-refractivity contribution in [3.05, 3.63) is 53.9 Å². The molecule has 0 saturated heterocycles. The third kappa shape index (κ3) is 4.08. The molecule has 4 rings (SSSR count). The number of benzene rings is 2. The van der Waals surface area contributed by atoms with Crippen molar-refractivity contribution in [1.82, 2.24) is 10.1 Å². The molecule has 1 N–H and O–H groups in total. The molecule has 0 aliphatic heterocycles. The van der Waals surface area contributed by atoms with Gasteiger partial charge in [0.2, 0.25) is 11.7 Å². The van der Waals surface area contributed by atoms with E-state index in [4.69, 9.17) is 14.0 Å². The maximum Gasteiger partial charge on any atom is 0.255 e. The van der Waals surface area contributed by atoms with Crippen molar-refractivity contribution in [1.29, 1.82) is 0 Å². The van der Waals surface area contributed by atoms with E-state index < -0.39 is 0 Å². The van der Waals surface area contributed by atoms with E-state index in [1.54, 1.807) is 25.3 Å². The average Bonchev–Trinajstić information content (AvgIpc) is 3.45. The van der Waals surface area contributed by atoms with Crippen LogP contribution >= 0.6 is 0 Å². The van der Waals surface area contributed by atoms with E-state index in [1.165, 1.54) is 20.0 Å². The molecule has 150 valence electrons. The molecule has 0 spiro atoms. The first kappa shape index (κ1) is 19.0. The topological polar surface area (TPSA) is 86.5 Å². The van der Waals surface area contributed by atoms with Crippen LogP contribution in [0.25, 0.3) is 11.4 Å². The summed E-state index contributed by atoms with van der Waals surface area (Å²) in [7, 11) is 3.09. The Hall–Kier alpha value is -3.35. The number of nitrogens with zero attached hydrogens (tertiary/aromatic N) is 2. The van der Waals surface area contributed by atoms with Gasteiger partial charge in [0.05, 0.1) is 14.2 Å². The predicted molar refractivity (Wildman–Crippen MR) is 108 cm³/mol. The summed E-state index contributed by atoms with van der Waals surface area (Å²) in [5.41, 5.74) is 1.91. The van der Waals surface area contributed by atoms with Gasteiger partial charge in [0.25, 0.3) is 5.91 Å². The summed E-state index contributed by atoms with van der Waals surface area (Å²) in [6.45, 7) is 0. The molecule has 2 aromatic carbocycles. The molecule has 3 aromatic rings. The number of rotatable bonds is 6.